The number of rotatable bonds is 2. The van der Waals surface area contributed by atoms with E-state index in [2.05, 4.69) is 5.48 Å². The highest BCUT2D eigenvalue weighted by molar-refractivity contribution is 5.64. The van der Waals surface area contributed by atoms with E-state index in [1.807, 2.05) is 30.4 Å². The van der Waals surface area contributed by atoms with E-state index in [0.29, 0.717) is 5.69 Å². The van der Waals surface area contributed by atoms with Gasteiger partial charge in [-0.25, -0.2) is 0 Å². The van der Waals surface area contributed by atoms with Crippen molar-refractivity contribution in [2.45, 2.75) is 6.42 Å². The summed E-state index contributed by atoms with van der Waals surface area (Å²) in [7, 11) is 0. The van der Waals surface area contributed by atoms with E-state index in [4.69, 9.17) is 9.94 Å². The third-order valence-corrected chi connectivity index (χ3v) is 2.01. The van der Waals surface area contributed by atoms with Crippen molar-refractivity contribution in [3.63, 3.8) is 0 Å². The maximum absolute atomic E-state index is 8.74. The molecule has 0 saturated carbocycles. The average Bonchev–Trinajstić information content (AvgIpc) is 2.30. The van der Waals surface area contributed by atoms with Gasteiger partial charge >= 0.3 is 0 Å². The molecule has 1 aliphatic rings. The van der Waals surface area contributed by atoms with Crippen LogP contribution in [0.1, 0.15) is 12.0 Å². The second kappa shape index (κ2) is 3.98. The van der Waals surface area contributed by atoms with E-state index in [0.717, 1.165) is 17.7 Å². The number of allylic oxidation sites excluding steroid dienone is 2. The largest absolute Gasteiger partial charge is 0.465 e. The summed E-state index contributed by atoms with van der Waals surface area (Å²) in [5.74, 6) is 0.824. The SMILES string of the molecule is ONc1cccc(C2=CCC=CO2)c1. The van der Waals surface area contributed by atoms with E-state index in [1.54, 1.807) is 12.3 Å². The van der Waals surface area contributed by atoms with Crippen molar-refractivity contribution in [1.29, 1.82) is 0 Å². The van der Waals surface area contributed by atoms with Gasteiger partial charge in [-0.3, -0.25) is 10.7 Å². The van der Waals surface area contributed by atoms with Crippen LogP contribution in [0, 0.1) is 0 Å². The molecule has 1 aromatic rings. The third kappa shape index (κ3) is 1.78. The Balaban J connectivity index is 2.27. The molecule has 0 saturated heterocycles. The molecule has 0 aromatic heterocycles. The Morgan fingerprint density at radius 2 is 2.29 bits per heavy atom. The lowest BCUT2D eigenvalue weighted by molar-refractivity contribution is 0.388. The fraction of sp³-hybridized carbons (Fsp3) is 0.0909. The predicted molar refractivity (Wildman–Crippen MR) is 54.7 cm³/mol. The minimum absolute atomic E-state index is 0.654. The van der Waals surface area contributed by atoms with Crippen molar-refractivity contribution >= 4 is 11.4 Å². The Kier molecular flexibility index (Phi) is 2.51. The quantitative estimate of drug-likeness (QED) is 0.703. The van der Waals surface area contributed by atoms with E-state index in [1.165, 1.54) is 0 Å². The summed E-state index contributed by atoms with van der Waals surface area (Å²) >= 11 is 0. The van der Waals surface area contributed by atoms with Gasteiger partial charge in [0.2, 0.25) is 0 Å². The molecule has 0 aliphatic carbocycles. The topological polar surface area (TPSA) is 41.5 Å². The van der Waals surface area contributed by atoms with Gasteiger partial charge in [-0.15, -0.1) is 0 Å². The van der Waals surface area contributed by atoms with Gasteiger partial charge in [-0.1, -0.05) is 12.1 Å². The summed E-state index contributed by atoms with van der Waals surface area (Å²) in [6.07, 6.45) is 6.49. The molecular weight excluding hydrogens is 178 g/mol. The molecule has 1 aliphatic heterocycles. The van der Waals surface area contributed by atoms with Crippen LogP contribution < -0.4 is 5.48 Å². The van der Waals surface area contributed by atoms with Crippen LogP contribution in [0.4, 0.5) is 5.69 Å². The van der Waals surface area contributed by atoms with Crippen molar-refractivity contribution in [1.82, 2.24) is 0 Å². The van der Waals surface area contributed by atoms with Gasteiger partial charge in [0.25, 0.3) is 0 Å². The number of anilines is 1. The van der Waals surface area contributed by atoms with Gasteiger partial charge in [0, 0.05) is 5.56 Å². The zero-order valence-electron chi connectivity index (χ0n) is 7.60. The molecule has 0 bridgehead atoms. The first-order valence-corrected chi connectivity index (χ1v) is 4.42. The first-order valence-electron chi connectivity index (χ1n) is 4.42. The summed E-state index contributed by atoms with van der Waals surface area (Å²) in [6, 6.07) is 7.40. The first-order chi connectivity index (χ1) is 6.90. The molecule has 3 heteroatoms. The van der Waals surface area contributed by atoms with E-state index >= 15 is 0 Å². The number of nitrogens with one attached hydrogen (secondary N) is 1. The Labute approximate surface area is 82.3 Å². The Morgan fingerprint density at radius 1 is 1.36 bits per heavy atom. The van der Waals surface area contributed by atoms with Crippen molar-refractivity contribution in [2.24, 2.45) is 0 Å². The molecule has 72 valence electrons. The van der Waals surface area contributed by atoms with Gasteiger partial charge in [-0.2, -0.15) is 0 Å². The molecule has 0 spiro atoms. The molecule has 0 radical (unpaired) electrons. The fourth-order valence-electron chi connectivity index (χ4n) is 1.33. The third-order valence-electron chi connectivity index (χ3n) is 2.01. The molecule has 0 amide bonds. The minimum atomic E-state index is 0.654. The highest BCUT2D eigenvalue weighted by atomic mass is 16.5. The lowest BCUT2D eigenvalue weighted by Gasteiger charge is -2.10. The normalized spacial score (nSPS) is 14.5. The van der Waals surface area contributed by atoms with E-state index in [9.17, 15) is 0 Å². The highest BCUT2D eigenvalue weighted by Crippen LogP contribution is 2.22. The molecular formula is C11H11NO2. The van der Waals surface area contributed by atoms with Crippen LogP contribution in [0.15, 0.2) is 42.7 Å². The summed E-state index contributed by atoms with van der Waals surface area (Å²) in [6.45, 7) is 0. The lowest BCUT2D eigenvalue weighted by Crippen LogP contribution is -1.93. The fourth-order valence-corrected chi connectivity index (χ4v) is 1.33. The highest BCUT2D eigenvalue weighted by Gasteiger charge is 2.04. The molecule has 14 heavy (non-hydrogen) atoms. The summed E-state index contributed by atoms with van der Waals surface area (Å²) < 4.78 is 5.33. The molecule has 2 N–H and O–H groups in total. The maximum Gasteiger partial charge on any atom is 0.130 e. The summed E-state index contributed by atoms with van der Waals surface area (Å²) in [4.78, 5) is 0. The number of benzene rings is 1. The molecule has 0 unspecified atom stereocenters. The summed E-state index contributed by atoms with van der Waals surface area (Å²) in [5.41, 5.74) is 3.71. The molecule has 0 fully saturated rings. The van der Waals surface area contributed by atoms with Gasteiger partial charge in [0.15, 0.2) is 0 Å². The molecule has 2 rings (SSSR count). The van der Waals surface area contributed by atoms with Crippen LogP contribution in [0.2, 0.25) is 0 Å². The van der Waals surface area contributed by atoms with Crippen LogP contribution in [0.5, 0.6) is 0 Å². The minimum Gasteiger partial charge on any atom is -0.465 e. The van der Waals surface area contributed by atoms with Crippen LogP contribution >= 0.6 is 0 Å². The zero-order chi connectivity index (χ0) is 9.80. The lowest BCUT2D eigenvalue weighted by atomic mass is 10.1. The van der Waals surface area contributed by atoms with Crippen molar-refractivity contribution in [3.8, 4) is 0 Å². The van der Waals surface area contributed by atoms with Gasteiger partial charge in [0.1, 0.15) is 5.76 Å². The number of hydrogen-bond donors (Lipinski definition) is 2. The second-order valence-electron chi connectivity index (χ2n) is 2.99. The van der Waals surface area contributed by atoms with Crippen LogP contribution in [0.25, 0.3) is 5.76 Å². The number of hydrogen-bond acceptors (Lipinski definition) is 3. The predicted octanol–water partition coefficient (Wildman–Crippen LogP) is 2.76. The summed E-state index contributed by atoms with van der Waals surface area (Å²) in [5, 5.41) is 8.74. The number of ether oxygens (including phenoxy) is 1. The molecule has 3 nitrogen and oxygen atoms in total. The van der Waals surface area contributed by atoms with Crippen molar-refractivity contribution in [3.05, 3.63) is 48.2 Å². The zero-order valence-corrected chi connectivity index (χ0v) is 7.60. The van der Waals surface area contributed by atoms with Gasteiger partial charge in [0.05, 0.1) is 11.9 Å². The molecule has 1 aromatic carbocycles. The maximum atomic E-state index is 8.74. The molecule has 0 atom stereocenters. The van der Waals surface area contributed by atoms with Gasteiger partial charge in [-0.05, 0) is 30.7 Å². The molecule has 1 heterocycles. The monoisotopic (exact) mass is 189 g/mol. The van der Waals surface area contributed by atoms with Crippen molar-refractivity contribution in [2.75, 3.05) is 5.48 Å². The average molecular weight is 189 g/mol. The van der Waals surface area contributed by atoms with Crippen LogP contribution in [-0.4, -0.2) is 5.21 Å². The Morgan fingerprint density at radius 3 is 3.00 bits per heavy atom. The second-order valence-corrected chi connectivity index (χ2v) is 2.99. The van der Waals surface area contributed by atoms with Crippen molar-refractivity contribution < 1.29 is 9.94 Å². The van der Waals surface area contributed by atoms with Crippen LogP contribution in [0.3, 0.4) is 0 Å². The Bertz CT molecular complexity index is 383. The van der Waals surface area contributed by atoms with E-state index in [-0.39, 0.29) is 0 Å². The standard InChI is InChI=1S/C11H11NO2/c13-12-10-5-3-4-9(8-10)11-6-1-2-7-14-11/h2-8,12-13H,1H2. The van der Waals surface area contributed by atoms with Crippen LogP contribution in [-0.2, 0) is 4.74 Å². The van der Waals surface area contributed by atoms with E-state index < -0.39 is 0 Å². The first kappa shape index (κ1) is 8.84. The van der Waals surface area contributed by atoms with Gasteiger partial charge < -0.3 is 4.74 Å². The smallest absolute Gasteiger partial charge is 0.130 e. The Hall–Kier alpha value is -1.74.